The Morgan fingerprint density at radius 1 is 1.12 bits per heavy atom. The first-order valence-electron chi connectivity index (χ1n) is 11.2. The largest absolute Gasteiger partial charge is 0.373 e. The molecule has 1 aliphatic rings. The molecule has 1 aromatic heterocycles. The molecule has 2 heterocycles. The van der Waals surface area contributed by atoms with E-state index >= 15 is 0 Å². The smallest absolute Gasteiger partial charge is 0.258 e. The van der Waals surface area contributed by atoms with E-state index in [2.05, 4.69) is 28.7 Å². The zero-order valence-corrected chi connectivity index (χ0v) is 18.9. The lowest BCUT2D eigenvalue weighted by Crippen LogP contribution is -2.44. The van der Waals surface area contributed by atoms with Gasteiger partial charge in [0.2, 0.25) is 0 Å². The lowest BCUT2D eigenvalue weighted by Gasteiger charge is -2.35. The van der Waals surface area contributed by atoms with E-state index in [1.165, 1.54) is 5.56 Å². The summed E-state index contributed by atoms with van der Waals surface area (Å²) in [6.45, 7) is 9.54. The molecule has 0 spiro atoms. The van der Waals surface area contributed by atoms with Crippen molar-refractivity contribution in [3.63, 3.8) is 0 Å². The number of rotatable bonds is 6. The van der Waals surface area contributed by atoms with Crippen LogP contribution in [0.4, 0.5) is 0 Å². The summed E-state index contributed by atoms with van der Waals surface area (Å²) in [5.41, 5.74) is 2.24. The fourth-order valence-corrected chi connectivity index (χ4v) is 4.32. The normalized spacial score (nSPS) is 19.2. The van der Waals surface area contributed by atoms with Crippen LogP contribution in [0, 0.1) is 0 Å². The third-order valence-electron chi connectivity index (χ3n) is 5.77. The third-order valence-corrected chi connectivity index (χ3v) is 5.77. The number of amides is 1. The standard InChI is InChI=1S/C25H30N4O3/c1-4-29(16-23-26-22-8-6-5-7-21(22)24(30)27-23)25(31)20-11-9-19(10-12-20)15-28-13-17(2)32-18(3)14-28/h5-12,17-18H,4,13-16H2,1-3H3,(H,26,27,30)/t17-,18-/m0/s1. The van der Waals surface area contributed by atoms with Gasteiger partial charge < -0.3 is 14.6 Å². The number of hydrogen-bond acceptors (Lipinski definition) is 5. The van der Waals surface area contributed by atoms with Gasteiger partial charge in [-0.05, 0) is 50.6 Å². The van der Waals surface area contributed by atoms with Gasteiger partial charge in [-0.25, -0.2) is 4.98 Å². The average Bonchev–Trinajstić information content (AvgIpc) is 2.77. The number of H-pyrrole nitrogens is 1. The van der Waals surface area contributed by atoms with E-state index in [9.17, 15) is 9.59 Å². The number of aromatic nitrogens is 2. The van der Waals surface area contributed by atoms with E-state index in [1.54, 1.807) is 17.0 Å². The van der Waals surface area contributed by atoms with Crippen LogP contribution in [0.5, 0.6) is 0 Å². The Morgan fingerprint density at radius 3 is 2.50 bits per heavy atom. The Hall–Kier alpha value is -3.03. The molecule has 2 aromatic carbocycles. The SMILES string of the molecule is CCN(Cc1nc2ccccc2c(=O)[nH]1)C(=O)c1ccc(CN2C[C@H](C)O[C@@H](C)C2)cc1. The second-order valence-electron chi connectivity index (χ2n) is 8.50. The van der Waals surface area contributed by atoms with Crippen LogP contribution in [0.15, 0.2) is 53.3 Å². The number of fused-ring (bicyclic) bond motifs is 1. The maximum absolute atomic E-state index is 13.1. The predicted molar refractivity (Wildman–Crippen MR) is 125 cm³/mol. The van der Waals surface area contributed by atoms with Crippen LogP contribution in [-0.4, -0.2) is 57.5 Å². The molecule has 0 unspecified atom stereocenters. The zero-order chi connectivity index (χ0) is 22.7. The summed E-state index contributed by atoms with van der Waals surface area (Å²) in [5, 5.41) is 0.547. The van der Waals surface area contributed by atoms with E-state index in [-0.39, 0.29) is 30.2 Å². The van der Waals surface area contributed by atoms with Gasteiger partial charge in [-0.1, -0.05) is 24.3 Å². The van der Waals surface area contributed by atoms with Gasteiger partial charge >= 0.3 is 0 Å². The summed E-state index contributed by atoms with van der Waals surface area (Å²) in [6, 6.07) is 15.0. The van der Waals surface area contributed by atoms with Gasteiger partial charge in [0.25, 0.3) is 11.5 Å². The van der Waals surface area contributed by atoms with Crippen molar-refractivity contribution in [1.29, 1.82) is 0 Å². The molecule has 1 N–H and O–H groups in total. The number of aromatic amines is 1. The first-order valence-corrected chi connectivity index (χ1v) is 11.2. The van der Waals surface area contributed by atoms with Crippen molar-refractivity contribution < 1.29 is 9.53 Å². The monoisotopic (exact) mass is 434 g/mol. The van der Waals surface area contributed by atoms with E-state index in [4.69, 9.17) is 4.74 Å². The van der Waals surface area contributed by atoms with Crippen LogP contribution in [-0.2, 0) is 17.8 Å². The number of carbonyl (C=O) groups is 1. The molecular weight excluding hydrogens is 404 g/mol. The third kappa shape index (κ3) is 5.06. The van der Waals surface area contributed by atoms with Crippen LogP contribution >= 0.6 is 0 Å². The first kappa shape index (κ1) is 22.2. The molecule has 32 heavy (non-hydrogen) atoms. The molecular formula is C25H30N4O3. The van der Waals surface area contributed by atoms with Gasteiger partial charge in [-0.3, -0.25) is 14.5 Å². The van der Waals surface area contributed by atoms with Crippen LogP contribution in [0.25, 0.3) is 10.9 Å². The van der Waals surface area contributed by atoms with E-state index < -0.39 is 0 Å². The molecule has 3 aromatic rings. The molecule has 1 saturated heterocycles. The van der Waals surface area contributed by atoms with Crippen molar-refractivity contribution in [2.75, 3.05) is 19.6 Å². The van der Waals surface area contributed by atoms with Crippen molar-refractivity contribution in [3.8, 4) is 0 Å². The van der Waals surface area contributed by atoms with E-state index in [1.807, 2.05) is 43.3 Å². The van der Waals surface area contributed by atoms with Crippen molar-refractivity contribution in [1.82, 2.24) is 19.8 Å². The van der Waals surface area contributed by atoms with E-state index in [0.29, 0.717) is 28.8 Å². The lowest BCUT2D eigenvalue weighted by atomic mass is 10.1. The summed E-state index contributed by atoms with van der Waals surface area (Å²) in [6.07, 6.45) is 0.459. The highest BCUT2D eigenvalue weighted by molar-refractivity contribution is 5.94. The highest BCUT2D eigenvalue weighted by Gasteiger charge is 2.22. The van der Waals surface area contributed by atoms with Crippen LogP contribution < -0.4 is 5.56 Å². The van der Waals surface area contributed by atoms with Gasteiger partial charge in [0, 0.05) is 31.7 Å². The van der Waals surface area contributed by atoms with Gasteiger partial charge in [0.1, 0.15) is 5.82 Å². The van der Waals surface area contributed by atoms with Gasteiger partial charge in [-0.15, -0.1) is 0 Å². The van der Waals surface area contributed by atoms with E-state index in [0.717, 1.165) is 19.6 Å². The quantitative estimate of drug-likeness (QED) is 0.645. The summed E-state index contributed by atoms with van der Waals surface area (Å²) in [7, 11) is 0. The average molecular weight is 435 g/mol. The second kappa shape index (κ2) is 9.63. The number of nitrogens with zero attached hydrogens (tertiary/aromatic N) is 3. The molecule has 1 aliphatic heterocycles. The molecule has 1 fully saturated rings. The fourth-order valence-electron chi connectivity index (χ4n) is 4.32. The molecule has 168 valence electrons. The molecule has 4 rings (SSSR count). The van der Waals surface area contributed by atoms with Gasteiger partial charge in [0.05, 0.1) is 29.7 Å². The van der Waals surface area contributed by atoms with Gasteiger partial charge in [-0.2, -0.15) is 0 Å². The van der Waals surface area contributed by atoms with Crippen LogP contribution in [0.2, 0.25) is 0 Å². The molecule has 1 amide bonds. The van der Waals surface area contributed by atoms with Crippen molar-refractivity contribution in [2.45, 2.75) is 46.1 Å². The van der Waals surface area contributed by atoms with Crippen LogP contribution in [0.1, 0.15) is 42.5 Å². The Kier molecular flexibility index (Phi) is 6.67. The number of carbonyl (C=O) groups excluding carboxylic acids is 1. The van der Waals surface area contributed by atoms with Crippen molar-refractivity contribution >= 4 is 16.8 Å². The molecule has 0 aliphatic carbocycles. The summed E-state index contributed by atoms with van der Waals surface area (Å²) >= 11 is 0. The Bertz CT molecular complexity index is 1130. The Morgan fingerprint density at radius 2 is 1.81 bits per heavy atom. The molecule has 0 saturated carbocycles. The number of ether oxygens (including phenoxy) is 1. The molecule has 0 bridgehead atoms. The molecule has 2 atom stereocenters. The number of para-hydroxylation sites is 1. The lowest BCUT2D eigenvalue weighted by molar-refractivity contribution is -0.0704. The maximum Gasteiger partial charge on any atom is 0.258 e. The predicted octanol–water partition coefficient (Wildman–Crippen LogP) is 3.19. The highest BCUT2D eigenvalue weighted by Crippen LogP contribution is 2.16. The van der Waals surface area contributed by atoms with Crippen molar-refractivity contribution in [2.24, 2.45) is 0 Å². The minimum atomic E-state index is -0.190. The van der Waals surface area contributed by atoms with Crippen molar-refractivity contribution in [3.05, 3.63) is 75.8 Å². The summed E-state index contributed by atoms with van der Waals surface area (Å²) in [4.78, 5) is 36.8. The molecule has 7 nitrogen and oxygen atoms in total. The summed E-state index contributed by atoms with van der Waals surface area (Å²) < 4.78 is 5.80. The zero-order valence-electron chi connectivity index (χ0n) is 18.9. The minimum Gasteiger partial charge on any atom is -0.373 e. The molecule has 7 heteroatoms. The Balaban J connectivity index is 1.45. The maximum atomic E-state index is 13.1. The van der Waals surface area contributed by atoms with Crippen LogP contribution in [0.3, 0.4) is 0 Å². The fraction of sp³-hybridized carbons (Fsp3) is 0.400. The molecule has 0 radical (unpaired) electrons. The minimum absolute atomic E-state index is 0.0801. The topological polar surface area (TPSA) is 78.5 Å². The van der Waals surface area contributed by atoms with Gasteiger partial charge in [0.15, 0.2) is 0 Å². The number of hydrogen-bond donors (Lipinski definition) is 1. The number of benzene rings is 2. The summed E-state index contributed by atoms with van der Waals surface area (Å²) in [5.74, 6) is 0.402. The Labute approximate surface area is 188 Å². The first-order chi connectivity index (χ1) is 15.4. The number of morpholine rings is 1. The number of nitrogens with one attached hydrogen (secondary N) is 1. The second-order valence-corrected chi connectivity index (χ2v) is 8.50. The highest BCUT2D eigenvalue weighted by atomic mass is 16.5.